The van der Waals surface area contributed by atoms with Crippen molar-refractivity contribution in [1.82, 2.24) is 4.98 Å². The number of anilines is 2. The van der Waals surface area contributed by atoms with Crippen LogP contribution in [0.5, 0.6) is 0 Å². The van der Waals surface area contributed by atoms with E-state index in [-0.39, 0.29) is 5.82 Å². The Morgan fingerprint density at radius 2 is 1.76 bits per heavy atom. The van der Waals surface area contributed by atoms with Crippen LogP contribution in [-0.4, -0.2) is 18.1 Å². The summed E-state index contributed by atoms with van der Waals surface area (Å²) >= 11 is 0. The van der Waals surface area contributed by atoms with E-state index in [1.54, 1.807) is 0 Å². The first-order chi connectivity index (χ1) is 9.79. The fourth-order valence-corrected chi connectivity index (χ4v) is 3.03. The van der Waals surface area contributed by atoms with Crippen molar-refractivity contribution in [2.45, 2.75) is 45.7 Å². The zero-order chi connectivity index (χ0) is 15.7. The SMILES string of the molecule is CCC1(CC)CCN(c2cc(C(F)(F)F)cc(N)n2)CC1. The van der Waals surface area contributed by atoms with Gasteiger partial charge in [-0.25, -0.2) is 4.98 Å². The fraction of sp³-hybridized carbons (Fsp3) is 0.667. The minimum Gasteiger partial charge on any atom is -0.384 e. The monoisotopic (exact) mass is 301 g/mol. The standard InChI is InChI=1S/C15H22F3N3/c1-3-14(4-2)5-7-21(8-6-14)13-10-11(15(16,17)18)9-12(19)20-13/h9-10H,3-8H2,1-2H3,(H2,19,20). The zero-order valence-corrected chi connectivity index (χ0v) is 12.5. The van der Waals surface area contributed by atoms with Gasteiger partial charge in [-0.2, -0.15) is 13.2 Å². The highest BCUT2D eigenvalue weighted by Crippen LogP contribution is 2.39. The van der Waals surface area contributed by atoms with Gasteiger partial charge < -0.3 is 10.6 Å². The first kappa shape index (κ1) is 15.9. The second-order valence-electron chi connectivity index (χ2n) is 5.83. The molecule has 21 heavy (non-hydrogen) atoms. The highest BCUT2D eigenvalue weighted by atomic mass is 19.4. The molecule has 1 aromatic heterocycles. The summed E-state index contributed by atoms with van der Waals surface area (Å²) in [4.78, 5) is 5.99. The molecule has 6 heteroatoms. The van der Waals surface area contributed by atoms with Gasteiger partial charge in [-0.05, 0) is 30.4 Å². The van der Waals surface area contributed by atoms with E-state index >= 15 is 0 Å². The van der Waals surface area contributed by atoms with E-state index < -0.39 is 11.7 Å². The van der Waals surface area contributed by atoms with Gasteiger partial charge in [-0.15, -0.1) is 0 Å². The molecule has 0 radical (unpaired) electrons. The molecule has 0 unspecified atom stereocenters. The number of nitrogens with zero attached hydrogens (tertiary/aromatic N) is 2. The molecule has 0 atom stereocenters. The number of aromatic nitrogens is 1. The second kappa shape index (κ2) is 5.73. The van der Waals surface area contributed by atoms with E-state index in [4.69, 9.17) is 5.73 Å². The summed E-state index contributed by atoms with van der Waals surface area (Å²) < 4.78 is 38.5. The molecule has 0 aliphatic carbocycles. The van der Waals surface area contributed by atoms with Crippen molar-refractivity contribution in [3.05, 3.63) is 17.7 Å². The van der Waals surface area contributed by atoms with E-state index in [1.165, 1.54) is 0 Å². The molecule has 1 saturated heterocycles. The Hall–Kier alpha value is -1.46. The summed E-state index contributed by atoms with van der Waals surface area (Å²) in [6.45, 7) is 5.82. The van der Waals surface area contributed by atoms with Crippen LogP contribution in [0.2, 0.25) is 0 Å². The van der Waals surface area contributed by atoms with Crippen LogP contribution in [0.25, 0.3) is 0 Å². The van der Waals surface area contributed by atoms with Crippen molar-refractivity contribution in [2.24, 2.45) is 5.41 Å². The van der Waals surface area contributed by atoms with Gasteiger partial charge in [0.25, 0.3) is 0 Å². The van der Waals surface area contributed by atoms with E-state index in [0.717, 1.165) is 50.9 Å². The number of alkyl halides is 3. The third-order valence-electron chi connectivity index (χ3n) is 4.81. The summed E-state index contributed by atoms with van der Waals surface area (Å²) in [6.07, 6.45) is -0.209. The van der Waals surface area contributed by atoms with Gasteiger partial charge >= 0.3 is 6.18 Å². The summed E-state index contributed by atoms with van der Waals surface area (Å²) in [5, 5.41) is 0. The van der Waals surface area contributed by atoms with E-state index in [2.05, 4.69) is 18.8 Å². The van der Waals surface area contributed by atoms with E-state index in [0.29, 0.717) is 11.2 Å². The largest absolute Gasteiger partial charge is 0.416 e. The van der Waals surface area contributed by atoms with Crippen LogP contribution in [-0.2, 0) is 6.18 Å². The molecule has 2 rings (SSSR count). The zero-order valence-electron chi connectivity index (χ0n) is 12.5. The van der Waals surface area contributed by atoms with Gasteiger partial charge in [0.2, 0.25) is 0 Å². The molecular weight excluding hydrogens is 279 g/mol. The smallest absolute Gasteiger partial charge is 0.384 e. The lowest BCUT2D eigenvalue weighted by molar-refractivity contribution is -0.137. The van der Waals surface area contributed by atoms with Crippen molar-refractivity contribution >= 4 is 11.6 Å². The summed E-state index contributed by atoms with van der Waals surface area (Å²) in [6, 6.07) is 1.98. The average Bonchev–Trinajstić information content (AvgIpc) is 2.46. The fourth-order valence-electron chi connectivity index (χ4n) is 3.03. The normalized spacial score (nSPS) is 18.8. The molecule has 1 aliphatic heterocycles. The Kier molecular flexibility index (Phi) is 4.35. The molecule has 118 valence electrons. The van der Waals surface area contributed by atoms with Crippen LogP contribution in [0.1, 0.15) is 45.1 Å². The van der Waals surface area contributed by atoms with Crippen LogP contribution < -0.4 is 10.6 Å². The van der Waals surface area contributed by atoms with Crippen LogP contribution in [0, 0.1) is 5.41 Å². The number of nitrogens with two attached hydrogens (primary N) is 1. The minimum absolute atomic E-state index is 0.0809. The average molecular weight is 301 g/mol. The number of rotatable bonds is 3. The third kappa shape index (κ3) is 3.41. The van der Waals surface area contributed by atoms with Crippen LogP contribution in [0.3, 0.4) is 0 Å². The lowest BCUT2D eigenvalue weighted by atomic mass is 9.74. The number of pyridine rings is 1. The highest BCUT2D eigenvalue weighted by molar-refractivity contribution is 5.49. The number of nitrogen functional groups attached to an aromatic ring is 1. The van der Waals surface area contributed by atoms with Crippen LogP contribution >= 0.6 is 0 Å². The number of piperidine rings is 1. The second-order valence-corrected chi connectivity index (χ2v) is 5.83. The molecule has 1 fully saturated rings. The van der Waals surface area contributed by atoms with Gasteiger partial charge in [0, 0.05) is 13.1 Å². The summed E-state index contributed by atoms with van der Waals surface area (Å²) in [5.74, 6) is 0.255. The van der Waals surface area contributed by atoms with Gasteiger partial charge in [0.1, 0.15) is 11.6 Å². The molecule has 0 aromatic carbocycles. The van der Waals surface area contributed by atoms with Crippen molar-refractivity contribution in [3.8, 4) is 0 Å². The number of hydrogen-bond donors (Lipinski definition) is 1. The minimum atomic E-state index is -4.39. The molecule has 1 aliphatic rings. The molecule has 0 saturated carbocycles. The first-order valence-electron chi connectivity index (χ1n) is 7.39. The highest BCUT2D eigenvalue weighted by Gasteiger charge is 2.34. The maximum atomic E-state index is 12.8. The maximum Gasteiger partial charge on any atom is 0.416 e. The van der Waals surface area contributed by atoms with E-state index in [1.807, 2.05) is 4.90 Å². The quantitative estimate of drug-likeness (QED) is 0.914. The predicted octanol–water partition coefficient (Wildman–Crippen LogP) is 4.09. The van der Waals surface area contributed by atoms with Gasteiger partial charge in [0.05, 0.1) is 5.56 Å². The molecule has 0 amide bonds. The molecular formula is C15H22F3N3. The van der Waals surface area contributed by atoms with E-state index in [9.17, 15) is 13.2 Å². The molecule has 2 N–H and O–H groups in total. The third-order valence-corrected chi connectivity index (χ3v) is 4.81. The number of hydrogen-bond acceptors (Lipinski definition) is 3. The molecule has 1 aromatic rings. The molecule has 0 bridgehead atoms. The Morgan fingerprint density at radius 3 is 2.24 bits per heavy atom. The lowest BCUT2D eigenvalue weighted by Crippen LogP contribution is -2.40. The Morgan fingerprint density at radius 1 is 1.19 bits per heavy atom. The van der Waals surface area contributed by atoms with Crippen LogP contribution in [0.15, 0.2) is 12.1 Å². The molecule has 2 heterocycles. The van der Waals surface area contributed by atoms with Crippen molar-refractivity contribution in [3.63, 3.8) is 0 Å². The summed E-state index contributed by atoms with van der Waals surface area (Å²) in [7, 11) is 0. The number of halogens is 3. The van der Waals surface area contributed by atoms with Gasteiger partial charge in [-0.3, -0.25) is 0 Å². The van der Waals surface area contributed by atoms with Crippen molar-refractivity contribution in [1.29, 1.82) is 0 Å². The molecule has 0 spiro atoms. The topological polar surface area (TPSA) is 42.1 Å². The molecule has 3 nitrogen and oxygen atoms in total. The van der Waals surface area contributed by atoms with Gasteiger partial charge in [0.15, 0.2) is 0 Å². The predicted molar refractivity (Wildman–Crippen MR) is 78.1 cm³/mol. The Labute approximate surface area is 123 Å². The summed E-state index contributed by atoms with van der Waals surface area (Å²) in [5.41, 5.74) is 5.12. The maximum absolute atomic E-state index is 12.8. The lowest BCUT2D eigenvalue weighted by Gasteiger charge is -2.41. The van der Waals surface area contributed by atoms with Crippen molar-refractivity contribution in [2.75, 3.05) is 23.7 Å². The van der Waals surface area contributed by atoms with Gasteiger partial charge in [-0.1, -0.05) is 26.7 Å². The van der Waals surface area contributed by atoms with Crippen LogP contribution in [0.4, 0.5) is 24.8 Å². The Bertz CT molecular complexity index is 485. The Balaban J connectivity index is 2.19. The van der Waals surface area contributed by atoms with Crippen molar-refractivity contribution < 1.29 is 13.2 Å². The first-order valence-corrected chi connectivity index (χ1v) is 7.39.